The highest BCUT2D eigenvalue weighted by Gasteiger charge is 2.27. The van der Waals surface area contributed by atoms with Gasteiger partial charge in [0.2, 0.25) is 5.91 Å². The third kappa shape index (κ3) is 7.10. The summed E-state index contributed by atoms with van der Waals surface area (Å²) in [5, 5.41) is 8.97. The number of carbonyl (C=O) groups excluding carboxylic acids is 3. The van der Waals surface area contributed by atoms with Crippen LogP contribution in [-0.2, 0) is 4.79 Å². The van der Waals surface area contributed by atoms with Crippen LogP contribution in [-0.4, -0.2) is 43.2 Å². The molecule has 4 N–H and O–H groups in total. The molecule has 4 amide bonds. The second kappa shape index (κ2) is 7.86. The second-order valence-electron chi connectivity index (χ2n) is 5.53. The molecule has 2 rings (SSSR count). The van der Waals surface area contributed by atoms with E-state index in [9.17, 15) is 27.6 Å². The first kappa shape index (κ1) is 18.6. The van der Waals surface area contributed by atoms with Crippen LogP contribution in [0.5, 0.6) is 0 Å². The first-order valence-electron chi connectivity index (χ1n) is 7.52. The largest absolute Gasteiger partial charge is 0.405 e. The number of anilines is 1. The van der Waals surface area contributed by atoms with Crippen LogP contribution in [0, 0.1) is 0 Å². The van der Waals surface area contributed by atoms with Gasteiger partial charge in [0.1, 0.15) is 6.54 Å². The Morgan fingerprint density at radius 3 is 2.48 bits per heavy atom. The number of rotatable bonds is 6. The number of amides is 4. The summed E-state index contributed by atoms with van der Waals surface area (Å²) >= 11 is 0. The van der Waals surface area contributed by atoms with Crippen molar-refractivity contribution in [1.29, 1.82) is 0 Å². The lowest BCUT2D eigenvalue weighted by molar-refractivity contribution is -0.137. The van der Waals surface area contributed by atoms with Crippen molar-refractivity contribution in [2.75, 3.05) is 18.4 Å². The van der Waals surface area contributed by atoms with Gasteiger partial charge in [-0.2, -0.15) is 13.2 Å². The molecule has 10 heteroatoms. The number of halogens is 3. The van der Waals surface area contributed by atoms with E-state index < -0.39 is 31.2 Å². The molecule has 0 aliphatic heterocycles. The van der Waals surface area contributed by atoms with E-state index in [4.69, 9.17) is 0 Å². The smallest absolute Gasteiger partial charge is 0.349 e. The molecule has 7 nitrogen and oxygen atoms in total. The molecule has 1 saturated carbocycles. The molecule has 1 fully saturated rings. The van der Waals surface area contributed by atoms with Crippen molar-refractivity contribution in [3.05, 3.63) is 29.8 Å². The number of hydrogen-bond acceptors (Lipinski definition) is 3. The summed E-state index contributed by atoms with van der Waals surface area (Å²) in [5.74, 6) is -1.22. The lowest BCUT2D eigenvalue weighted by atomic mass is 10.2. The van der Waals surface area contributed by atoms with Gasteiger partial charge in [-0.25, -0.2) is 4.79 Å². The number of urea groups is 1. The maximum atomic E-state index is 11.9. The summed E-state index contributed by atoms with van der Waals surface area (Å²) in [4.78, 5) is 34.8. The Morgan fingerprint density at radius 2 is 1.84 bits per heavy atom. The molecular formula is C15H17F3N4O3. The van der Waals surface area contributed by atoms with Gasteiger partial charge in [0.05, 0.1) is 6.54 Å². The lowest BCUT2D eigenvalue weighted by Crippen LogP contribution is -2.42. The highest BCUT2D eigenvalue weighted by Crippen LogP contribution is 2.20. The van der Waals surface area contributed by atoms with Crippen molar-refractivity contribution in [2.24, 2.45) is 0 Å². The van der Waals surface area contributed by atoms with Crippen LogP contribution in [0.4, 0.5) is 23.7 Å². The summed E-state index contributed by atoms with van der Waals surface area (Å²) in [7, 11) is 0. The molecular weight excluding hydrogens is 341 g/mol. The average Bonchev–Trinajstić information content (AvgIpc) is 3.34. The number of nitrogens with one attached hydrogen (secondary N) is 4. The summed E-state index contributed by atoms with van der Waals surface area (Å²) in [6.45, 7) is -2.07. The first-order chi connectivity index (χ1) is 11.7. The molecule has 0 aromatic heterocycles. The Morgan fingerprint density at radius 1 is 1.12 bits per heavy atom. The molecule has 1 aliphatic rings. The van der Waals surface area contributed by atoms with Gasteiger partial charge < -0.3 is 21.3 Å². The molecule has 1 aliphatic carbocycles. The van der Waals surface area contributed by atoms with Gasteiger partial charge in [0.25, 0.3) is 5.91 Å². The van der Waals surface area contributed by atoms with Crippen LogP contribution in [0.15, 0.2) is 24.3 Å². The molecule has 0 unspecified atom stereocenters. The molecule has 0 atom stereocenters. The van der Waals surface area contributed by atoms with Gasteiger partial charge in [-0.15, -0.1) is 0 Å². The monoisotopic (exact) mass is 358 g/mol. The number of alkyl halides is 3. The highest BCUT2D eigenvalue weighted by molar-refractivity contribution is 5.97. The van der Waals surface area contributed by atoms with Crippen LogP contribution in [0.1, 0.15) is 23.2 Å². The zero-order valence-electron chi connectivity index (χ0n) is 13.1. The Kier molecular flexibility index (Phi) is 5.84. The fourth-order valence-corrected chi connectivity index (χ4v) is 1.83. The summed E-state index contributed by atoms with van der Waals surface area (Å²) in [6.07, 6.45) is -2.62. The van der Waals surface area contributed by atoms with Crippen LogP contribution < -0.4 is 21.3 Å². The topological polar surface area (TPSA) is 99.3 Å². The summed E-state index contributed by atoms with van der Waals surface area (Å²) in [6, 6.07) is 5.58. The highest BCUT2D eigenvalue weighted by atomic mass is 19.4. The molecule has 0 heterocycles. The van der Waals surface area contributed by atoms with E-state index >= 15 is 0 Å². The Balaban J connectivity index is 1.78. The number of benzene rings is 1. The molecule has 1 aromatic rings. The van der Waals surface area contributed by atoms with Crippen LogP contribution in [0.2, 0.25) is 0 Å². The third-order valence-corrected chi connectivity index (χ3v) is 3.19. The fraction of sp³-hybridized carbons (Fsp3) is 0.400. The predicted molar refractivity (Wildman–Crippen MR) is 83.0 cm³/mol. The van der Waals surface area contributed by atoms with Crippen molar-refractivity contribution in [3.63, 3.8) is 0 Å². The van der Waals surface area contributed by atoms with Gasteiger partial charge in [0.15, 0.2) is 0 Å². The van der Waals surface area contributed by atoms with Gasteiger partial charge in [-0.1, -0.05) is 6.07 Å². The van der Waals surface area contributed by atoms with Crippen molar-refractivity contribution in [1.82, 2.24) is 16.0 Å². The van der Waals surface area contributed by atoms with Crippen LogP contribution in [0.25, 0.3) is 0 Å². The average molecular weight is 358 g/mol. The van der Waals surface area contributed by atoms with E-state index in [2.05, 4.69) is 16.0 Å². The maximum absolute atomic E-state index is 11.9. The molecule has 0 saturated heterocycles. The SMILES string of the molecule is O=C(CNC(=O)Nc1cccc(C(=O)NC2CC2)c1)NCC(F)(F)F. The van der Waals surface area contributed by atoms with E-state index in [1.54, 1.807) is 17.4 Å². The third-order valence-electron chi connectivity index (χ3n) is 3.19. The molecule has 25 heavy (non-hydrogen) atoms. The Hall–Kier alpha value is -2.78. The first-order valence-corrected chi connectivity index (χ1v) is 7.52. The van der Waals surface area contributed by atoms with E-state index in [-0.39, 0.29) is 11.9 Å². The Labute approximate surface area is 141 Å². The van der Waals surface area contributed by atoms with Crippen molar-refractivity contribution >= 4 is 23.5 Å². The van der Waals surface area contributed by atoms with E-state index in [1.807, 2.05) is 0 Å². The van der Waals surface area contributed by atoms with Crippen LogP contribution >= 0.6 is 0 Å². The van der Waals surface area contributed by atoms with E-state index in [0.717, 1.165) is 12.8 Å². The maximum Gasteiger partial charge on any atom is 0.405 e. The molecule has 1 aromatic carbocycles. The quantitative estimate of drug-likeness (QED) is 0.618. The second-order valence-corrected chi connectivity index (χ2v) is 5.53. The lowest BCUT2D eigenvalue weighted by Gasteiger charge is -2.10. The minimum atomic E-state index is -4.51. The molecule has 0 spiro atoms. The van der Waals surface area contributed by atoms with Crippen molar-refractivity contribution < 1.29 is 27.6 Å². The molecule has 136 valence electrons. The normalized spacial score (nSPS) is 13.7. The minimum Gasteiger partial charge on any atom is -0.349 e. The van der Waals surface area contributed by atoms with Gasteiger partial charge >= 0.3 is 12.2 Å². The number of carbonyl (C=O) groups is 3. The van der Waals surface area contributed by atoms with Crippen LogP contribution in [0.3, 0.4) is 0 Å². The standard InChI is InChI=1S/C15H17F3N4O3/c16-15(17,18)8-20-12(23)7-19-14(25)22-11-3-1-2-9(6-11)13(24)21-10-4-5-10/h1-3,6,10H,4-5,7-8H2,(H,20,23)(H,21,24)(H2,19,22,25). The van der Waals surface area contributed by atoms with Crippen molar-refractivity contribution in [3.8, 4) is 0 Å². The number of hydrogen-bond donors (Lipinski definition) is 4. The zero-order valence-corrected chi connectivity index (χ0v) is 13.1. The van der Waals surface area contributed by atoms with E-state index in [0.29, 0.717) is 11.3 Å². The summed E-state index contributed by atoms with van der Waals surface area (Å²) in [5.41, 5.74) is 0.685. The zero-order chi connectivity index (χ0) is 18.4. The summed E-state index contributed by atoms with van der Waals surface area (Å²) < 4.78 is 35.8. The molecule has 0 radical (unpaired) electrons. The Bertz CT molecular complexity index is 660. The van der Waals surface area contributed by atoms with E-state index in [1.165, 1.54) is 12.1 Å². The van der Waals surface area contributed by atoms with Gasteiger partial charge in [0, 0.05) is 17.3 Å². The van der Waals surface area contributed by atoms with Gasteiger partial charge in [-0.3, -0.25) is 9.59 Å². The fourth-order valence-electron chi connectivity index (χ4n) is 1.83. The minimum absolute atomic E-state index is 0.197. The van der Waals surface area contributed by atoms with Gasteiger partial charge in [-0.05, 0) is 31.0 Å². The predicted octanol–water partition coefficient (Wildman–Crippen LogP) is 1.38. The van der Waals surface area contributed by atoms with Crippen molar-refractivity contribution in [2.45, 2.75) is 25.1 Å². The molecule has 0 bridgehead atoms.